The van der Waals surface area contributed by atoms with Crippen molar-refractivity contribution in [1.29, 1.82) is 0 Å². The van der Waals surface area contributed by atoms with Crippen molar-refractivity contribution in [3.63, 3.8) is 0 Å². The van der Waals surface area contributed by atoms with Gasteiger partial charge in [-0.15, -0.1) is 0 Å². The SMILES string of the molecule is COCCCN1CC[C@@H](CNC(=O)N(C)Cc2ccoc2)C1. The zero-order valence-corrected chi connectivity index (χ0v) is 13.6. The molecule has 1 aliphatic rings. The molecule has 0 bridgehead atoms. The van der Waals surface area contributed by atoms with Gasteiger partial charge >= 0.3 is 6.03 Å². The quantitative estimate of drug-likeness (QED) is 0.744. The highest BCUT2D eigenvalue weighted by Crippen LogP contribution is 2.15. The number of hydrogen-bond donors (Lipinski definition) is 1. The molecular weight excluding hydrogens is 282 g/mol. The lowest BCUT2D eigenvalue weighted by molar-refractivity contribution is 0.178. The highest BCUT2D eigenvalue weighted by atomic mass is 16.5. The van der Waals surface area contributed by atoms with Gasteiger partial charge < -0.3 is 24.3 Å². The molecule has 1 atom stereocenters. The van der Waals surface area contributed by atoms with Gasteiger partial charge in [-0.1, -0.05) is 0 Å². The van der Waals surface area contributed by atoms with Crippen LogP contribution in [-0.4, -0.2) is 62.8 Å². The van der Waals surface area contributed by atoms with E-state index >= 15 is 0 Å². The molecule has 6 heteroatoms. The van der Waals surface area contributed by atoms with Crippen LogP contribution in [0.3, 0.4) is 0 Å². The van der Waals surface area contributed by atoms with Crippen molar-refractivity contribution >= 4 is 6.03 Å². The molecule has 1 N–H and O–H groups in total. The summed E-state index contributed by atoms with van der Waals surface area (Å²) in [5.41, 5.74) is 1.00. The summed E-state index contributed by atoms with van der Waals surface area (Å²) in [5.74, 6) is 0.550. The van der Waals surface area contributed by atoms with Crippen LogP contribution >= 0.6 is 0 Å². The lowest BCUT2D eigenvalue weighted by Gasteiger charge is -2.19. The number of carbonyl (C=O) groups excluding carboxylic acids is 1. The Kier molecular flexibility index (Phi) is 6.74. The van der Waals surface area contributed by atoms with Crippen molar-refractivity contribution < 1.29 is 13.9 Å². The highest BCUT2D eigenvalue weighted by Gasteiger charge is 2.22. The standard InChI is InChI=1S/C16H27N3O3/c1-18(11-15-5-9-22-13-15)16(20)17-10-14-4-7-19(12-14)6-3-8-21-2/h5,9,13-14H,3-4,6-8,10-12H2,1-2H3,(H,17,20)/t14-/m0/s1. The number of ether oxygens (including phenoxy) is 1. The normalized spacial score (nSPS) is 18.5. The maximum atomic E-state index is 12.1. The topological polar surface area (TPSA) is 58.0 Å². The van der Waals surface area contributed by atoms with E-state index in [1.165, 1.54) is 0 Å². The first-order valence-corrected chi connectivity index (χ1v) is 7.90. The summed E-state index contributed by atoms with van der Waals surface area (Å²) in [6, 6.07) is 1.84. The number of rotatable bonds is 8. The van der Waals surface area contributed by atoms with E-state index in [9.17, 15) is 4.79 Å². The van der Waals surface area contributed by atoms with Gasteiger partial charge in [0.05, 0.1) is 19.1 Å². The number of likely N-dealkylation sites (tertiary alicyclic amines) is 1. The molecule has 0 unspecified atom stereocenters. The van der Waals surface area contributed by atoms with Crippen molar-refractivity contribution in [2.45, 2.75) is 19.4 Å². The van der Waals surface area contributed by atoms with Crippen LogP contribution in [0.2, 0.25) is 0 Å². The summed E-state index contributed by atoms with van der Waals surface area (Å²) < 4.78 is 10.1. The molecule has 0 saturated carbocycles. The zero-order valence-electron chi connectivity index (χ0n) is 13.6. The molecule has 1 aromatic heterocycles. The third kappa shape index (κ3) is 5.35. The van der Waals surface area contributed by atoms with Gasteiger partial charge in [0.1, 0.15) is 0 Å². The predicted molar refractivity (Wildman–Crippen MR) is 84.6 cm³/mol. The molecule has 6 nitrogen and oxygen atoms in total. The monoisotopic (exact) mass is 309 g/mol. The van der Waals surface area contributed by atoms with Gasteiger partial charge in [-0.3, -0.25) is 0 Å². The van der Waals surface area contributed by atoms with E-state index in [1.54, 1.807) is 31.6 Å². The first-order valence-electron chi connectivity index (χ1n) is 7.90. The van der Waals surface area contributed by atoms with Gasteiger partial charge in [0.2, 0.25) is 0 Å². The number of methoxy groups -OCH3 is 1. The van der Waals surface area contributed by atoms with Crippen LogP contribution in [-0.2, 0) is 11.3 Å². The van der Waals surface area contributed by atoms with Crippen LogP contribution in [0, 0.1) is 5.92 Å². The van der Waals surface area contributed by atoms with Crippen molar-refractivity contribution in [3.8, 4) is 0 Å². The minimum atomic E-state index is -0.0287. The van der Waals surface area contributed by atoms with E-state index in [1.807, 2.05) is 6.07 Å². The Bertz CT molecular complexity index is 436. The molecule has 0 aromatic carbocycles. The molecule has 0 spiro atoms. The maximum absolute atomic E-state index is 12.1. The average Bonchev–Trinajstić information content (AvgIpc) is 3.17. The van der Waals surface area contributed by atoms with Crippen LogP contribution in [0.4, 0.5) is 4.79 Å². The van der Waals surface area contributed by atoms with Gasteiger partial charge in [-0.25, -0.2) is 4.79 Å². The van der Waals surface area contributed by atoms with E-state index in [0.717, 1.165) is 51.2 Å². The molecule has 2 rings (SSSR count). The van der Waals surface area contributed by atoms with E-state index in [0.29, 0.717) is 12.5 Å². The molecule has 1 saturated heterocycles. The number of furan rings is 1. The number of carbonyl (C=O) groups is 1. The molecule has 0 radical (unpaired) electrons. The van der Waals surface area contributed by atoms with E-state index in [2.05, 4.69) is 10.2 Å². The fourth-order valence-corrected chi connectivity index (χ4v) is 2.81. The van der Waals surface area contributed by atoms with Crippen LogP contribution in [0.1, 0.15) is 18.4 Å². The number of nitrogens with zero attached hydrogens (tertiary/aromatic N) is 2. The molecule has 1 fully saturated rings. The summed E-state index contributed by atoms with van der Waals surface area (Å²) in [7, 11) is 3.54. The largest absolute Gasteiger partial charge is 0.472 e. The smallest absolute Gasteiger partial charge is 0.317 e. The molecule has 2 amide bonds. The fourth-order valence-electron chi connectivity index (χ4n) is 2.81. The summed E-state index contributed by atoms with van der Waals surface area (Å²) in [6.45, 7) is 5.39. The first kappa shape index (κ1) is 16.8. The third-order valence-corrected chi connectivity index (χ3v) is 4.08. The molecule has 124 valence electrons. The second kappa shape index (κ2) is 8.80. The van der Waals surface area contributed by atoms with Crippen LogP contribution in [0.5, 0.6) is 0 Å². The zero-order chi connectivity index (χ0) is 15.8. The van der Waals surface area contributed by atoms with Crippen molar-refractivity contribution in [3.05, 3.63) is 24.2 Å². The minimum absolute atomic E-state index is 0.0287. The second-order valence-corrected chi connectivity index (χ2v) is 5.98. The molecular formula is C16H27N3O3. The molecule has 1 aromatic rings. The second-order valence-electron chi connectivity index (χ2n) is 5.98. The molecule has 22 heavy (non-hydrogen) atoms. The van der Waals surface area contributed by atoms with E-state index < -0.39 is 0 Å². The van der Waals surface area contributed by atoms with Crippen LogP contribution in [0.15, 0.2) is 23.0 Å². The van der Waals surface area contributed by atoms with Crippen LogP contribution < -0.4 is 5.32 Å². The minimum Gasteiger partial charge on any atom is -0.472 e. The average molecular weight is 309 g/mol. The highest BCUT2D eigenvalue weighted by molar-refractivity contribution is 5.73. The fraction of sp³-hybridized carbons (Fsp3) is 0.688. The Morgan fingerprint density at radius 1 is 1.59 bits per heavy atom. The Morgan fingerprint density at radius 3 is 3.18 bits per heavy atom. The maximum Gasteiger partial charge on any atom is 0.317 e. The lowest BCUT2D eigenvalue weighted by Crippen LogP contribution is -2.39. The summed E-state index contributed by atoms with van der Waals surface area (Å²) in [5, 5.41) is 3.03. The number of urea groups is 1. The van der Waals surface area contributed by atoms with Crippen LogP contribution in [0.25, 0.3) is 0 Å². The van der Waals surface area contributed by atoms with Crippen molar-refractivity contribution in [2.24, 2.45) is 5.92 Å². The summed E-state index contributed by atoms with van der Waals surface area (Å²) in [4.78, 5) is 16.2. The summed E-state index contributed by atoms with van der Waals surface area (Å²) >= 11 is 0. The molecule has 2 heterocycles. The van der Waals surface area contributed by atoms with Crippen molar-refractivity contribution in [1.82, 2.24) is 15.1 Å². The Morgan fingerprint density at radius 2 is 2.45 bits per heavy atom. The predicted octanol–water partition coefficient (Wildman–Crippen LogP) is 1.78. The van der Waals surface area contributed by atoms with E-state index in [4.69, 9.17) is 9.15 Å². The first-order chi connectivity index (χ1) is 10.7. The third-order valence-electron chi connectivity index (χ3n) is 4.08. The van der Waals surface area contributed by atoms with Gasteiger partial charge in [0.15, 0.2) is 0 Å². The number of hydrogen-bond acceptors (Lipinski definition) is 4. The Balaban J connectivity index is 1.62. The number of amides is 2. The molecule has 0 aliphatic carbocycles. The molecule has 1 aliphatic heterocycles. The summed E-state index contributed by atoms with van der Waals surface area (Å²) in [6.07, 6.45) is 5.51. The van der Waals surface area contributed by atoms with Gasteiger partial charge in [0, 0.05) is 46.0 Å². The van der Waals surface area contributed by atoms with Gasteiger partial charge in [-0.2, -0.15) is 0 Å². The van der Waals surface area contributed by atoms with Gasteiger partial charge in [0.25, 0.3) is 0 Å². The van der Waals surface area contributed by atoms with Gasteiger partial charge in [-0.05, 0) is 31.4 Å². The van der Waals surface area contributed by atoms with E-state index in [-0.39, 0.29) is 6.03 Å². The lowest BCUT2D eigenvalue weighted by atomic mass is 10.1. The Labute approximate surface area is 132 Å². The number of nitrogens with one attached hydrogen (secondary N) is 1. The Hall–Kier alpha value is -1.53. The van der Waals surface area contributed by atoms with Crippen molar-refractivity contribution in [2.75, 3.05) is 46.9 Å².